The van der Waals surface area contributed by atoms with E-state index in [1.54, 1.807) is 0 Å². The molecule has 100 valence electrons. The van der Waals surface area contributed by atoms with Crippen molar-refractivity contribution in [2.45, 2.75) is 57.4 Å². The predicted molar refractivity (Wildman–Crippen MR) is 75.5 cm³/mol. The number of carbonyl (C=O) groups excluding carboxylic acids is 1. The Morgan fingerprint density at radius 1 is 1.53 bits per heavy atom. The zero-order chi connectivity index (χ0) is 13.1. The minimum Gasteiger partial charge on any atom is -0.344 e. The van der Waals surface area contributed by atoms with Crippen LogP contribution in [0.2, 0.25) is 0 Å². The van der Waals surface area contributed by atoms with Crippen LogP contribution < -0.4 is 5.32 Å². The third kappa shape index (κ3) is 5.77. The van der Waals surface area contributed by atoms with Gasteiger partial charge in [-0.1, -0.05) is 20.8 Å². The second-order valence-corrected chi connectivity index (χ2v) is 7.85. The second kappa shape index (κ2) is 6.10. The largest absolute Gasteiger partial charge is 0.344 e. The van der Waals surface area contributed by atoms with Crippen molar-refractivity contribution in [2.24, 2.45) is 0 Å². The fraction of sp³-hybridized carbons (Fsp3) is 0.923. The van der Waals surface area contributed by atoms with Crippen LogP contribution in [-0.4, -0.2) is 47.0 Å². The minimum absolute atomic E-state index is 0.278. The summed E-state index contributed by atoms with van der Waals surface area (Å²) in [5, 5.41) is 3.63. The highest BCUT2D eigenvalue weighted by molar-refractivity contribution is 8.00. The molecule has 2 atom stereocenters. The van der Waals surface area contributed by atoms with Crippen LogP contribution in [0.4, 0.5) is 0 Å². The lowest BCUT2D eigenvalue weighted by Gasteiger charge is -2.32. The standard InChI is InChI=1S/C13H26N2OS/c1-10(9-17-13(2,3)4)14-11-6-7-12(16)15(5)8-11/h10-11,14H,6-9H2,1-5H3/t10-,11+/m1/s1. The number of hydrogen-bond acceptors (Lipinski definition) is 3. The van der Waals surface area contributed by atoms with Gasteiger partial charge in [0.1, 0.15) is 0 Å². The molecule has 0 aromatic rings. The highest BCUT2D eigenvalue weighted by Crippen LogP contribution is 2.24. The molecule has 4 heteroatoms. The van der Waals surface area contributed by atoms with Crippen molar-refractivity contribution in [3.8, 4) is 0 Å². The smallest absolute Gasteiger partial charge is 0.222 e. The van der Waals surface area contributed by atoms with Crippen LogP contribution >= 0.6 is 11.8 Å². The van der Waals surface area contributed by atoms with E-state index in [0.29, 0.717) is 23.3 Å². The van der Waals surface area contributed by atoms with E-state index < -0.39 is 0 Å². The maximum atomic E-state index is 11.4. The Bertz CT molecular complexity index is 263. The maximum Gasteiger partial charge on any atom is 0.222 e. The molecule has 0 saturated carbocycles. The van der Waals surface area contributed by atoms with Gasteiger partial charge in [-0.2, -0.15) is 11.8 Å². The van der Waals surface area contributed by atoms with Crippen molar-refractivity contribution < 1.29 is 4.79 Å². The molecule has 0 spiro atoms. The summed E-state index contributed by atoms with van der Waals surface area (Å²) in [4.78, 5) is 13.2. The van der Waals surface area contributed by atoms with Gasteiger partial charge in [-0.15, -0.1) is 0 Å². The first-order valence-electron chi connectivity index (χ1n) is 6.42. The monoisotopic (exact) mass is 258 g/mol. The third-order valence-electron chi connectivity index (χ3n) is 2.91. The zero-order valence-electron chi connectivity index (χ0n) is 11.7. The molecule has 1 amide bonds. The highest BCUT2D eigenvalue weighted by atomic mass is 32.2. The molecule has 1 heterocycles. The summed E-state index contributed by atoms with van der Waals surface area (Å²) in [6.45, 7) is 9.82. The van der Waals surface area contributed by atoms with Crippen LogP contribution in [0.15, 0.2) is 0 Å². The lowest BCUT2D eigenvalue weighted by molar-refractivity contribution is -0.132. The Morgan fingerprint density at radius 3 is 2.71 bits per heavy atom. The number of nitrogens with one attached hydrogen (secondary N) is 1. The molecule has 0 unspecified atom stereocenters. The third-order valence-corrected chi connectivity index (χ3v) is 4.45. The first-order chi connectivity index (χ1) is 7.78. The van der Waals surface area contributed by atoms with Gasteiger partial charge in [0, 0.05) is 42.6 Å². The van der Waals surface area contributed by atoms with Crippen LogP contribution in [0.1, 0.15) is 40.5 Å². The molecule has 0 radical (unpaired) electrons. The quantitative estimate of drug-likeness (QED) is 0.838. The van der Waals surface area contributed by atoms with Gasteiger partial charge in [0.25, 0.3) is 0 Å². The number of piperidine rings is 1. The Labute approximate surface area is 110 Å². The van der Waals surface area contributed by atoms with Crippen LogP contribution in [-0.2, 0) is 4.79 Å². The van der Waals surface area contributed by atoms with Crippen molar-refractivity contribution >= 4 is 17.7 Å². The highest BCUT2D eigenvalue weighted by Gasteiger charge is 2.24. The number of likely N-dealkylation sites (N-methyl/N-ethyl adjacent to an activating group) is 1. The molecule has 1 rings (SSSR count). The average Bonchev–Trinajstić information content (AvgIpc) is 2.20. The summed E-state index contributed by atoms with van der Waals surface area (Å²) in [6.07, 6.45) is 1.67. The van der Waals surface area contributed by atoms with E-state index in [4.69, 9.17) is 0 Å². The van der Waals surface area contributed by atoms with Gasteiger partial charge in [0.15, 0.2) is 0 Å². The molecule has 17 heavy (non-hydrogen) atoms. The Kier molecular flexibility index (Phi) is 5.32. The lowest BCUT2D eigenvalue weighted by Crippen LogP contribution is -2.49. The van der Waals surface area contributed by atoms with E-state index in [2.05, 4.69) is 33.0 Å². The number of carbonyl (C=O) groups is 1. The summed E-state index contributed by atoms with van der Waals surface area (Å²) in [5.41, 5.74) is 0. The van der Waals surface area contributed by atoms with Gasteiger partial charge in [-0.05, 0) is 13.3 Å². The normalized spacial score (nSPS) is 23.9. The summed E-state index contributed by atoms with van der Waals surface area (Å²) in [5.74, 6) is 1.40. The van der Waals surface area contributed by atoms with Crippen LogP contribution in [0, 0.1) is 0 Å². The molecule has 0 bridgehead atoms. The van der Waals surface area contributed by atoms with E-state index in [1.165, 1.54) is 0 Å². The number of rotatable bonds is 4. The second-order valence-electron chi connectivity index (χ2n) is 6.00. The lowest BCUT2D eigenvalue weighted by atomic mass is 10.1. The van der Waals surface area contributed by atoms with Crippen molar-refractivity contribution in [1.82, 2.24) is 10.2 Å². The summed E-state index contributed by atoms with van der Waals surface area (Å²) in [7, 11) is 1.89. The van der Waals surface area contributed by atoms with Gasteiger partial charge in [0.2, 0.25) is 5.91 Å². The molecule has 1 saturated heterocycles. The van der Waals surface area contributed by atoms with Gasteiger partial charge < -0.3 is 10.2 Å². The SMILES string of the molecule is C[C@H](CSC(C)(C)C)N[C@H]1CCC(=O)N(C)C1. The van der Waals surface area contributed by atoms with Gasteiger partial charge in [-0.25, -0.2) is 0 Å². The first kappa shape index (κ1) is 14.8. The topological polar surface area (TPSA) is 32.3 Å². The van der Waals surface area contributed by atoms with E-state index in [0.717, 1.165) is 18.7 Å². The molecular formula is C13H26N2OS. The van der Waals surface area contributed by atoms with Crippen LogP contribution in [0.25, 0.3) is 0 Å². The number of likely N-dealkylation sites (tertiary alicyclic amines) is 1. The molecule has 1 aliphatic rings. The maximum absolute atomic E-state index is 11.4. The average molecular weight is 258 g/mol. The van der Waals surface area contributed by atoms with E-state index >= 15 is 0 Å². The molecule has 1 fully saturated rings. The fourth-order valence-corrected chi connectivity index (χ4v) is 2.82. The zero-order valence-corrected chi connectivity index (χ0v) is 12.6. The molecule has 1 aliphatic heterocycles. The minimum atomic E-state index is 0.278. The Morgan fingerprint density at radius 2 is 2.18 bits per heavy atom. The molecule has 0 aliphatic carbocycles. The molecule has 0 aromatic heterocycles. The molecule has 3 nitrogen and oxygen atoms in total. The number of nitrogens with zero attached hydrogens (tertiary/aromatic N) is 1. The number of amides is 1. The van der Waals surface area contributed by atoms with Crippen LogP contribution in [0.3, 0.4) is 0 Å². The predicted octanol–water partition coefficient (Wildman–Crippen LogP) is 2.12. The van der Waals surface area contributed by atoms with E-state index in [-0.39, 0.29) is 5.91 Å². The van der Waals surface area contributed by atoms with Crippen molar-refractivity contribution in [3.05, 3.63) is 0 Å². The first-order valence-corrected chi connectivity index (χ1v) is 7.40. The van der Waals surface area contributed by atoms with Gasteiger partial charge in [0.05, 0.1) is 0 Å². The van der Waals surface area contributed by atoms with Crippen molar-refractivity contribution in [2.75, 3.05) is 19.3 Å². The number of hydrogen-bond donors (Lipinski definition) is 1. The van der Waals surface area contributed by atoms with Crippen LogP contribution in [0.5, 0.6) is 0 Å². The molecular weight excluding hydrogens is 232 g/mol. The Balaban J connectivity index is 2.27. The Hall–Kier alpha value is -0.220. The van der Waals surface area contributed by atoms with E-state index in [9.17, 15) is 4.79 Å². The van der Waals surface area contributed by atoms with Crippen molar-refractivity contribution in [1.29, 1.82) is 0 Å². The van der Waals surface area contributed by atoms with Crippen molar-refractivity contribution in [3.63, 3.8) is 0 Å². The summed E-state index contributed by atoms with van der Waals surface area (Å²) < 4.78 is 0.329. The number of thioether (sulfide) groups is 1. The van der Waals surface area contributed by atoms with Gasteiger partial charge in [-0.3, -0.25) is 4.79 Å². The molecule has 0 aromatic carbocycles. The van der Waals surface area contributed by atoms with Gasteiger partial charge >= 0.3 is 0 Å². The van der Waals surface area contributed by atoms with E-state index in [1.807, 2.05) is 23.7 Å². The fourth-order valence-electron chi connectivity index (χ4n) is 1.97. The summed E-state index contributed by atoms with van der Waals surface area (Å²) >= 11 is 1.99. The summed E-state index contributed by atoms with van der Waals surface area (Å²) in [6, 6.07) is 0.971. The molecule has 1 N–H and O–H groups in total.